The van der Waals surface area contributed by atoms with Crippen LogP contribution in [0.25, 0.3) is 0 Å². The Bertz CT molecular complexity index is 411. The fraction of sp³-hybridized carbons (Fsp3) is 0.462. The number of aromatic carboxylic acids is 1. The van der Waals surface area contributed by atoms with Crippen molar-refractivity contribution in [3.05, 3.63) is 29.3 Å². The Labute approximate surface area is 105 Å². The summed E-state index contributed by atoms with van der Waals surface area (Å²) in [5.74, 6) is -0.865. The van der Waals surface area contributed by atoms with E-state index in [9.17, 15) is 4.79 Å². The fourth-order valence-corrected chi connectivity index (χ4v) is 3.07. The first-order valence-electron chi connectivity index (χ1n) is 5.75. The van der Waals surface area contributed by atoms with Crippen molar-refractivity contribution >= 4 is 17.7 Å². The summed E-state index contributed by atoms with van der Waals surface area (Å²) >= 11 is 1.84. The van der Waals surface area contributed by atoms with Gasteiger partial charge in [0, 0.05) is 23.4 Å². The number of hydrogen-bond donors (Lipinski definition) is 1. The van der Waals surface area contributed by atoms with E-state index < -0.39 is 5.97 Å². The number of thioether (sulfide) groups is 1. The van der Waals surface area contributed by atoms with E-state index in [1.165, 1.54) is 4.90 Å². The summed E-state index contributed by atoms with van der Waals surface area (Å²) in [5, 5.41) is 9.49. The summed E-state index contributed by atoms with van der Waals surface area (Å²) in [4.78, 5) is 12.0. The van der Waals surface area contributed by atoms with E-state index in [2.05, 4.69) is 0 Å². The van der Waals surface area contributed by atoms with Gasteiger partial charge in [0.15, 0.2) is 0 Å². The largest absolute Gasteiger partial charge is 0.478 e. The van der Waals surface area contributed by atoms with Crippen molar-refractivity contribution in [2.45, 2.75) is 29.9 Å². The van der Waals surface area contributed by atoms with Crippen LogP contribution in [-0.4, -0.2) is 29.5 Å². The molecule has 1 aromatic carbocycles. The average molecular weight is 252 g/mol. The zero-order chi connectivity index (χ0) is 12.3. The molecule has 1 aromatic rings. The van der Waals surface area contributed by atoms with E-state index in [0.717, 1.165) is 31.6 Å². The third-order valence-corrected chi connectivity index (χ3v) is 4.40. The monoisotopic (exact) mass is 252 g/mol. The molecule has 0 spiro atoms. The summed E-state index contributed by atoms with van der Waals surface area (Å²) in [7, 11) is 0. The topological polar surface area (TPSA) is 46.5 Å². The minimum atomic E-state index is -0.865. The van der Waals surface area contributed by atoms with Gasteiger partial charge in [0.1, 0.15) is 0 Å². The highest BCUT2D eigenvalue weighted by Crippen LogP contribution is 2.32. The summed E-state index contributed by atoms with van der Waals surface area (Å²) in [6, 6.07) is 5.33. The van der Waals surface area contributed by atoms with Crippen LogP contribution in [0.3, 0.4) is 0 Å². The van der Waals surface area contributed by atoms with Crippen LogP contribution in [0, 0.1) is 6.92 Å². The van der Waals surface area contributed by atoms with Crippen LogP contribution in [0.15, 0.2) is 23.1 Å². The third kappa shape index (κ3) is 3.23. The Kier molecular flexibility index (Phi) is 4.07. The molecule has 17 heavy (non-hydrogen) atoms. The number of ether oxygens (including phenoxy) is 1. The van der Waals surface area contributed by atoms with E-state index in [-0.39, 0.29) is 0 Å². The van der Waals surface area contributed by atoms with Crippen molar-refractivity contribution in [1.82, 2.24) is 0 Å². The molecule has 0 aliphatic carbocycles. The number of benzene rings is 1. The Balaban J connectivity index is 2.08. The Hall–Kier alpha value is -1.000. The smallest absolute Gasteiger partial charge is 0.335 e. The van der Waals surface area contributed by atoms with Gasteiger partial charge in [0.2, 0.25) is 0 Å². The second-order valence-corrected chi connectivity index (χ2v) is 5.56. The fourth-order valence-electron chi connectivity index (χ4n) is 1.89. The summed E-state index contributed by atoms with van der Waals surface area (Å²) in [6.45, 7) is 3.64. The number of carbonyl (C=O) groups is 1. The van der Waals surface area contributed by atoms with E-state index >= 15 is 0 Å². The van der Waals surface area contributed by atoms with Crippen molar-refractivity contribution in [2.24, 2.45) is 0 Å². The van der Waals surface area contributed by atoms with E-state index in [1.807, 2.05) is 24.8 Å². The first-order chi connectivity index (χ1) is 8.16. The molecule has 0 atom stereocenters. The zero-order valence-electron chi connectivity index (χ0n) is 9.81. The van der Waals surface area contributed by atoms with Crippen molar-refractivity contribution in [2.75, 3.05) is 13.2 Å². The molecule has 0 radical (unpaired) electrons. The van der Waals surface area contributed by atoms with Crippen molar-refractivity contribution < 1.29 is 14.6 Å². The zero-order valence-corrected chi connectivity index (χ0v) is 10.6. The molecule has 0 amide bonds. The van der Waals surface area contributed by atoms with Crippen LogP contribution < -0.4 is 0 Å². The predicted molar refractivity (Wildman–Crippen MR) is 67.8 cm³/mol. The first kappa shape index (κ1) is 12.5. The molecule has 92 valence electrons. The van der Waals surface area contributed by atoms with Gasteiger partial charge in [-0.25, -0.2) is 4.79 Å². The summed E-state index contributed by atoms with van der Waals surface area (Å²) < 4.78 is 5.33. The molecule has 0 saturated carbocycles. The molecule has 1 N–H and O–H groups in total. The molecule has 3 nitrogen and oxygen atoms in total. The third-order valence-electron chi connectivity index (χ3n) is 2.88. The molecule has 4 heteroatoms. The quantitative estimate of drug-likeness (QED) is 0.898. The standard InChI is InChI=1S/C13H16O3S/c1-9-8-10(13(14)15)2-3-12(9)17-11-4-6-16-7-5-11/h2-3,8,11H,4-7H2,1H3,(H,14,15). The molecule has 0 bridgehead atoms. The highest BCUT2D eigenvalue weighted by atomic mass is 32.2. The highest BCUT2D eigenvalue weighted by molar-refractivity contribution is 8.00. The van der Waals surface area contributed by atoms with E-state index in [0.29, 0.717) is 10.8 Å². The maximum absolute atomic E-state index is 10.8. The maximum atomic E-state index is 10.8. The Morgan fingerprint density at radius 1 is 1.41 bits per heavy atom. The van der Waals surface area contributed by atoms with Crippen LogP contribution in [0.2, 0.25) is 0 Å². The van der Waals surface area contributed by atoms with Gasteiger partial charge in [-0.2, -0.15) is 0 Å². The Morgan fingerprint density at radius 2 is 2.12 bits per heavy atom. The second kappa shape index (κ2) is 5.56. The van der Waals surface area contributed by atoms with Gasteiger partial charge < -0.3 is 9.84 Å². The molecular weight excluding hydrogens is 236 g/mol. The maximum Gasteiger partial charge on any atom is 0.335 e. The first-order valence-corrected chi connectivity index (χ1v) is 6.63. The molecule has 0 aromatic heterocycles. The highest BCUT2D eigenvalue weighted by Gasteiger charge is 2.16. The lowest BCUT2D eigenvalue weighted by molar-refractivity contribution is 0.0696. The Morgan fingerprint density at radius 3 is 2.71 bits per heavy atom. The molecule has 2 rings (SSSR count). The van der Waals surface area contributed by atoms with Crippen LogP contribution in [0.1, 0.15) is 28.8 Å². The van der Waals surface area contributed by atoms with Crippen molar-refractivity contribution in [3.8, 4) is 0 Å². The molecule has 0 unspecified atom stereocenters. The SMILES string of the molecule is Cc1cc(C(=O)O)ccc1SC1CCOCC1. The van der Waals surface area contributed by atoms with Crippen LogP contribution >= 0.6 is 11.8 Å². The number of carboxylic acids is 1. The lowest BCUT2D eigenvalue weighted by atomic mass is 10.1. The van der Waals surface area contributed by atoms with E-state index in [1.54, 1.807) is 12.1 Å². The second-order valence-electron chi connectivity index (χ2n) is 4.22. The van der Waals surface area contributed by atoms with Gasteiger partial charge in [-0.1, -0.05) is 0 Å². The van der Waals surface area contributed by atoms with Gasteiger partial charge in [0.25, 0.3) is 0 Å². The van der Waals surface area contributed by atoms with Gasteiger partial charge in [-0.05, 0) is 43.5 Å². The van der Waals surface area contributed by atoms with Gasteiger partial charge >= 0.3 is 5.97 Å². The minimum absolute atomic E-state index is 0.360. The van der Waals surface area contributed by atoms with Gasteiger partial charge in [0.05, 0.1) is 5.56 Å². The molecular formula is C13H16O3S. The summed E-state index contributed by atoms with van der Waals surface area (Å²) in [5.41, 5.74) is 1.40. The number of aryl methyl sites for hydroxylation is 1. The van der Waals surface area contributed by atoms with Gasteiger partial charge in [-0.3, -0.25) is 0 Å². The van der Waals surface area contributed by atoms with Crippen molar-refractivity contribution in [1.29, 1.82) is 0 Å². The molecule has 1 heterocycles. The summed E-state index contributed by atoms with van der Waals surface area (Å²) in [6.07, 6.45) is 2.15. The normalized spacial score (nSPS) is 17.0. The van der Waals surface area contributed by atoms with Gasteiger partial charge in [-0.15, -0.1) is 11.8 Å². The number of carboxylic acid groups (broad SMARTS) is 1. The van der Waals surface area contributed by atoms with Crippen molar-refractivity contribution in [3.63, 3.8) is 0 Å². The van der Waals surface area contributed by atoms with E-state index in [4.69, 9.17) is 9.84 Å². The molecule has 1 saturated heterocycles. The molecule has 1 fully saturated rings. The van der Waals surface area contributed by atoms with Crippen LogP contribution in [0.4, 0.5) is 0 Å². The molecule has 1 aliphatic rings. The molecule has 1 aliphatic heterocycles. The number of hydrogen-bond acceptors (Lipinski definition) is 3. The minimum Gasteiger partial charge on any atom is -0.478 e. The number of rotatable bonds is 3. The lowest BCUT2D eigenvalue weighted by Crippen LogP contribution is -2.17. The lowest BCUT2D eigenvalue weighted by Gasteiger charge is -2.22. The van der Waals surface area contributed by atoms with Crippen LogP contribution in [0.5, 0.6) is 0 Å². The predicted octanol–water partition coefficient (Wildman–Crippen LogP) is 2.96. The average Bonchev–Trinajstić information content (AvgIpc) is 2.33. The van der Waals surface area contributed by atoms with Crippen LogP contribution in [-0.2, 0) is 4.74 Å².